The quantitative estimate of drug-likeness (QED) is 0.400. The molecule has 2 aliphatic heterocycles. The first-order chi connectivity index (χ1) is 16.7. The molecular formula is C27H25N5OS. The van der Waals surface area contributed by atoms with E-state index in [0.717, 1.165) is 64.8 Å². The number of benzene rings is 1. The molecule has 5 heterocycles. The maximum absolute atomic E-state index is 14.1. The van der Waals surface area contributed by atoms with Gasteiger partial charge in [0.05, 0.1) is 29.5 Å². The van der Waals surface area contributed by atoms with Gasteiger partial charge in [0.15, 0.2) is 0 Å². The number of hydrogen-bond acceptors (Lipinski definition) is 6. The molecule has 1 spiro atoms. The van der Waals surface area contributed by atoms with Crippen LogP contribution in [0.25, 0.3) is 21.9 Å². The number of hydrogen-bond donors (Lipinski definition) is 0. The fourth-order valence-electron chi connectivity index (χ4n) is 5.49. The van der Waals surface area contributed by atoms with E-state index in [9.17, 15) is 4.79 Å². The Bertz CT molecular complexity index is 1370. The lowest BCUT2D eigenvalue weighted by atomic mass is 9.74. The third-order valence-electron chi connectivity index (χ3n) is 7.25. The van der Waals surface area contributed by atoms with Gasteiger partial charge in [-0.15, -0.1) is 0 Å². The van der Waals surface area contributed by atoms with Crippen molar-refractivity contribution in [2.75, 3.05) is 24.2 Å². The Hall–Kier alpha value is -3.29. The molecule has 7 heteroatoms. The fraction of sp³-hybridized carbons (Fsp3) is 0.259. The maximum Gasteiger partial charge on any atom is 0.238 e. The van der Waals surface area contributed by atoms with Crippen LogP contribution in [0.2, 0.25) is 0 Å². The average molecular weight is 468 g/mol. The zero-order valence-corrected chi connectivity index (χ0v) is 19.8. The van der Waals surface area contributed by atoms with Gasteiger partial charge in [0, 0.05) is 48.8 Å². The van der Waals surface area contributed by atoms with Crippen molar-refractivity contribution >= 4 is 34.3 Å². The van der Waals surface area contributed by atoms with E-state index in [1.54, 1.807) is 24.3 Å². The number of nitrogens with zero attached hydrogens (tertiary/aromatic N) is 5. The van der Waals surface area contributed by atoms with E-state index in [1.807, 2.05) is 53.8 Å². The number of anilines is 1. The predicted octanol–water partition coefficient (Wildman–Crippen LogP) is 4.85. The van der Waals surface area contributed by atoms with Gasteiger partial charge in [-0.2, -0.15) is 0 Å². The first-order valence-electron chi connectivity index (χ1n) is 11.5. The van der Waals surface area contributed by atoms with Crippen molar-refractivity contribution in [1.29, 1.82) is 0 Å². The topological polar surface area (TPSA) is 62.2 Å². The molecule has 6 rings (SSSR count). The minimum atomic E-state index is -0.474. The van der Waals surface area contributed by atoms with Gasteiger partial charge in [0.1, 0.15) is 0 Å². The molecule has 34 heavy (non-hydrogen) atoms. The van der Waals surface area contributed by atoms with E-state index in [0.29, 0.717) is 6.54 Å². The Morgan fingerprint density at radius 2 is 1.74 bits per heavy atom. The molecule has 1 aromatic carbocycles. The van der Waals surface area contributed by atoms with E-state index in [1.165, 1.54) is 0 Å². The number of amides is 1. The Labute approximate surface area is 203 Å². The zero-order valence-electron chi connectivity index (χ0n) is 19.0. The second-order valence-corrected chi connectivity index (χ2v) is 9.76. The Balaban J connectivity index is 1.45. The maximum atomic E-state index is 14.1. The first kappa shape index (κ1) is 21.3. The Kier molecular flexibility index (Phi) is 5.31. The van der Waals surface area contributed by atoms with Crippen LogP contribution in [0.1, 0.15) is 24.1 Å². The van der Waals surface area contributed by atoms with E-state index in [4.69, 9.17) is 4.98 Å². The number of carbonyl (C=O) groups is 1. The zero-order chi connectivity index (χ0) is 23.1. The second-order valence-electron chi connectivity index (χ2n) is 8.88. The van der Waals surface area contributed by atoms with Crippen molar-refractivity contribution in [2.24, 2.45) is 0 Å². The van der Waals surface area contributed by atoms with Gasteiger partial charge in [0.2, 0.25) is 5.91 Å². The van der Waals surface area contributed by atoms with Crippen molar-refractivity contribution in [3.8, 4) is 11.1 Å². The first-order valence-corrected chi connectivity index (χ1v) is 12.7. The average Bonchev–Trinajstić information content (AvgIpc) is 3.12. The van der Waals surface area contributed by atoms with Gasteiger partial charge in [-0.05, 0) is 53.8 Å². The third kappa shape index (κ3) is 3.30. The molecule has 0 bridgehead atoms. The third-order valence-corrected chi connectivity index (χ3v) is 8.13. The van der Waals surface area contributed by atoms with Crippen LogP contribution in [0.5, 0.6) is 0 Å². The van der Waals surface area contributed by atoms with E-state index >= 15 is 0 Å². The van der Waals surface area contributed by atoms with Gasteiger partial charge >= 0.3 is 0 Å². The lowest BCUT2D eigenvalue weighted by Gasteiger charge is -2.37. The monoisotopic (exact) mass is 467 g/mol. The van der Waals surface area contributed by atoms with Crippen molar-refractivity contribution in [2.45, 2.75) is 24.8 Å². The van der Waals surface area contributed by atoms with E-state index < -0.39 is 5.41 Å². The molecule has 2 aliphatic rings. The molecule has 0 atom stereocenters. The van der Waals surface area contributed by atoms with Gasteiger partial charge in [-0.3, -0.25) is 24.1 Å². The molecule has 0 unspecified atom stereocenters. The molecule has 0 saturated carbocycles. The van der Waals surface area contributed by atoms with Crippen LogP contribution in [-0.4, -0.2) is 44.5 Å². The Morgan fingerprint density at radius 3 is 2.53 bits per heavy atom. The van der Waals surface area contributed by atoms with Gasteiger partial charge in [0.25, 0.3) is 0 Å². The molecule has 1 amide bonds. The summed E-state index contributed by atoms with van der Waals surface area (Å²) in [6.07, 6.45) is 12.9. The Morgan fingerprint density at radius 1 is 0.971 bits per heavy atom. The largest absolute Gasteiger partial charge is 0.304 e. The summed E-state index contributed by atoms with van der Waals surface area (Å²) in [7, 11) is 0. The highest BCUT2D eigenvalue weighted by Crippen LogP contribution is 2.49. The molecule has 1 saturated heterocycles. The van der Waals surface area contributed by atoms with Crippen LogP contribution in [0, 0.1) is 0 Å². The molecule has 1 fully saturated rings. The van der Waals surface area contributed by atoms with Crippen LogP contribution in [0.4, 0.5) is 5.69 Å². The summed E-state index contributed by atoms with van der Waals surface area (Å²) < 4.78 is 2.34. The normalized spacial score (nSPS) is 17.4. The van der Waals surface area contributed by atoms with Gasteiger partial charge in [-0.1, -0.05) is 36.2 Å². The summed E-state index contributed by atoms with van der Waals surface area (Å²) in [4.78, 5) is 29.4. The smallest absolute Gasteiger partial charge is 0.238 e. The fourth-order valence-corrected chi connectivity index (χ4v) is 6.04. The molecule has 3 aromatic heterocycles. The van der Waals surface area contributed by atoms with Crippen molar-refractivity contribution in [3.63, 3.8) is 0 Å². The summed E-state index contributed by atoms with van der Waals surface area (Å²) in [5, 5.41) is 2.20. The number of pyridine rings is 3. The molecule has 170 valence electrons. The van der Waals surface area contributed by atoms with Gasteiger partial charge < -0.3 is 4.90 Å². The highest BCUT2D eigenvalue weighted by molar-refractivity contribution is 7.96. The highest BCUT2D eigenvalue weighted by atomic mass is 32.2. The molecule has 0 radical (unpaired) electrons. The molecule has 6 nitrogen and oxygen atoms in total. The van der Waals surface area contributed by atoms with E-state index in [2.05, 4.69) is 32.7 Å². The number of carbonyl (C=O) groups excluding carboxylic acids is 1. The van der Waals surface area contributed by atoms with Crippen molar-refractivity contribution in [3.05, 3.63) is 84.7 Å². The number of aromatic nitrogens is 3. The van der Waals surface area contributed by atoms with Crippen LogP contribution in [0.3, 0.4) is 0 Å². The predicted molar refractivity (Wildman–Crippen MR) is 136 cm³/mol. The van der Waals surface area contributed by atoms with Gasteiger partial charge in [-0.25, -0.2) is 0 Å². The molecule has 0 N–H and O–H groups in total. The summed E-state index contributed by atoms with van der Waals surface area (Å²) in [6, 6.07) is 14.3. The highest BCUT2D eigenvalue weighted by Gasteiger charge is 2.52. The molecule has 0 aliphatic carbocycles. The number of rotatable bonds is 4. The van der Waals surface area contributed by atoms with Crippen LogP contribution in [-0.2, 0) is 16.8 Å². The van der Waals surface area contributed by atoms with Crippen LogP contribution >= 0.6 is 11.9 Å². The standard InChI is InChI=1S/C27H25N5OS/c1-34-31-14-9-27(10-15-31)22-8-13-29-17-24(22)32(26(27)33)18-23-25(19-6-11-28-12-7-19)21-5-3-2-4-20(21)16-30-23/h2-8,11-13,16-17H,9-10,14-15,18H2,1H3. The van der Waals surface area contributed by atoms with Crippen molar-refractivity contribution < 1.29 is 4.79 Å². The second kappa shape index (κ2) is 8.49. The van der Waals surface area contributed by atoms with Crippen molar-refractivity contribution in [1.82, 2.24) is 19.3 Å². The number of fused-ring (bicyclic) bond motifs is 3. The van der Waals surface area contributed by atoms with Crippen LogP contribution in [0.15, 0.2) is 73.4 Å². The summed E-state index contributed by atoms with van der Waals surface area (Å²) in [5.41, 5.74) is 4.54. The molecule has 4 aromatic rings. The summed E-state index contributed by atoms with van der Waals surface area (Å²) in [5.74, 6) is 0.173. The minimum Gasteiger partial charge on any atom is -0.304 e. The summed E-state index contributed by atoms with van der Waals surface area (Å²) in [6.45, 7) is 2.21. The SMILES string of the molecule is CSN1CCC2(CC1)C(=O)N(Cc1ncc3ccccc3c1-c1ccncc1)c1cnccc12. The van der Waals surface area contributed by atoms with E-state index in [-0.39, 0.29) is 5.91 Å². The lowest BCUT2D eigenvalue weighted by molar-refractivity contribution is -0.124. The molecular weight excluding hydrogens is 442 g/mol. The minimum absolute atomic E-state index is 0.173. The summed E-state index contributed by atoms with van der Waals surface area (Å²) >= 11 is 1.76. The van der Waals surface area contributed by atoms with Crippen LogP contribution < -0.4 is 4.90 Å². The lowest BCUT2D eigenvalue weighted by Crippen LogP contribution is -2.47. The number of piperidine rings is 1.